The Kier molecular flexibility index (Phi) is 4.51. The number of halogens is 1. The van der Waals surface area contributed by atoms with Gasteiger partial charge in [0.2, 0.25) is 17.8 Å². The van der Waals surface area contributed by atoms with Crippen LogP contribution in [0.1, 0.15) is 17.7 Å². The summed E-state index contributed by atoms with van der Waals surface area (Å²) in [4.78, 5) is 16.4. The van der Waals surface area contributed by atoms with E-state index in [0.717, 1.165) is 16.9 Å². The molecule has 3 heterocycles. The Hall–Kier alpha value is -1.45. The van der Waals surface area contributed by atoms with Gasteiger partial charge in [-0.05, 0) is 40.9 Å². The van der Waals surface area contributed by atoms with Crippen molar-refractivity contribution in [3.05, 3.63) is 20.8 Å². The van der Waals surface area contributed by atoms with Crippen molar-refractivity contribution in [1.29, 1.82) is 0 Å². The van der Waals surface area contributed by atoms with Gasteiger partial charge in [0.25, 0.3) is 0 Å². The van der Waals surface area contributed by atoms with Crippen LogP contribution in [-0.4, -0.2) is 28.0 Å². The lowest BCUT2D eigenvalue weighted by Gasteiger charge is -2.16. The Balaban J connectivity index is 1.75. The summed E-state index contributed by atoms with van der Waals surface area (Å²) < 4.78 is 1.11. The van der Waals surface area contributed by atoms with Gasteiger partial charge in [-0.3, -0.25) is 5.43 Å². The van der Waals surface area contributed by atoms with E-state index in [9.17, 15) is 0 Å². The first-order valence-corrected chi connectivity index (χ1v) is 8.31. The lowest BCUT2D eigenvalue weighted by molar-refractivity contribution is 0.876. The van der Waals surface area contributed by atoms with E-state index in [1.54, 1.807) is 11.3 Å². The molecule has 0 atom stereocenters. The lowest BCUT2D eigenvalue weighted by atomic mass is 10.4. The van der Waals surface area contributed by atoms with Gasteiger partial charge in [0.15, 0.2) is 0 Å². The molecule has 0 spiro atoms. The number of nitrogen functional groups attached to an aromatic ring is 1. The highest BCUT2D eigenvalue weighted by Gasteiger charge is 2.17. The summed E-state index contributed by atoms with van der Waals surface area (Å²) in [6, 6.07) is 4.09. The molecule has 0 aliphatic carbocycles. The molecule has 3 rings (SSSR count). The van der Waals surface area contributed by atoms with Gasteiger partial charge >= 0.3 is 0 Å². The first kappa shape index (κ1) is 14.5. The number of hydrogen-bond donors (Lipinski definition) is 3. The van der Waals surface area contributed by atoms with Crippen molar-refractivity contribution in [3.8, 4) is 0 Å². The number of nitrogens with two attached hydrogens (primary N) is 1. The van der Waals surface area contributed by atoms with Gasteiger partial charge in [-0.25, -0.2) is 5.84 Å². The van der Waals surface area contributed by atoms with Crippen molar-refractivity contribution in [2.75, 3.05) is 28.7 Å². The number of nitrogens with zero attached hydrogens (tertiary/aromatic N) is 4. The molecule has 1 saturated heterocycles. The fourth-order valence-electron chi connectivity index (χ4n) is 2.18. The van der Waals surface area contributed by atoms with Crippen LogP contribution in [0.3, 0.4) is 0 Å². The number of aromatic nitrogens is 3. The van der Waals surface area contributed by atoms with Crippen LogP contribution in [0, 0.1) is 0 Å². The standard InChI is InChI=1S/C12H16BrN7S/c13-9-4-3-8(21-9)7-15-10-16-11(19-14)18-12(17-10)20-5-1-2-6-20/h3-4H,1-2,5-7,14H2,(H2,15,16,17,18,19). The lowest BCUT2D eigenvalue weighted by Crippen LogP contribution is -2.23. The molecule has 7 nitrogen and oxygen atoms in total. The highest BCUT2D eigenvalue weighted by atomic mass is 79.9. The van der Waals surface area contributed by atoms with E-state index in [2.05, 4.69) is 52.6 Å². The summed E-state index contributed by atoms with van der Waals surface area (Å²) in [7, 11) is 0. The Labute approximate surface area is 135 Å². The molecule has 0 amide bonds. The summed E-state index contributed by atoms with van der Waals surface area (Å²) in [5, 5.41) is 3.22. The Bertz CT molecular complexity index is 611. The molecule has 4 N–H and O–H groups in total. The third-order valence-electron chi connectivity index (χ3n) is 3.19. The maximum Gasteiger partial charge on any atom is 0.243 e. The van der Waals surface area contributed by atoms with Crippen LogP contribution in [0.2, 0.25) is 0 Å². The second-order valence-electron chi connectivity index (χ2n) is 4.68. The first-order chi connectivity index (χ1) is 10.2. The Morgan fingerprint density at radius 1 is 1.19 bits per heavy atom. The molecule has 0 aromatic carbocycles. The maximum absolute atomic E-state index is 5.44. The van der Waals surface area contributed by atoms with Crippen molar-refractivity contribution >= 4 is 45.1 Å². The largest absolute Gasteiger partial charge is 0.349 e. The van der Waals surface area contributed by atoms with Crippen molar-refractivity contribution in [2.24, 2.45) is 5.84 Å². The molecule has 2 aromatic heterocycles. The molecule has 21 heavy (non-hydrogen) atoms. The minimum absolute atomic E-state index is 0.377. The molecule has 1 fully saturated rings. The Morgan fingerprint density at radius 3 is 2.62 bits per heavy atom. The van der Waals surface area contributed by atoms with Crippen molar-refractivity contribution in [2.45, 2.75) is 19.4 Å². The summed E-state index contributed by atoms with van der Waals surface area (Å²) in [5.74, 6) is 7.02. The molecule has 0 bridgehead atoms. The fraction of sp³-hybridized carbons (Fsp3) is 0.417. The quantitative estimate of drug-likeness (QED) is 0.549. The van der Waals surface area contributed by atoms with Crippen molar-refractivity contribution in [1.82, 2.24) is 15.0 Å². The summed E-state index contributed by atoms with van der Waals surface area (Å²) in [6.07, 6.45) is 2.34. The minimum Gasteiger partial charge on any atom is -0.349 e. The van der Waals surface area contributed by atoms with Gasteiger partial charge < -0.3 is 10.2 Å². The zero-order valence-electron chi connectivity index (χ0n) is 11.3. The molecule has 2 aromatic rings. The topological polar surface area (TPSA) is 92.0 Å². The number of anilines is 3. The van der Waals surface area contributed by atoms with Gasteiger partial charge in [-0.15, -0.1) is 11.3 Å². The van der Waals surface area contributed by atoms with E-state index in [1.807, 2.05) is 6.07 Å². The molecule has 9 heteroatoms. The number of nitrogens with one attached hydrogen (secondary N) is 2. The van der Waals surface area contributed by atoms with Gasteiger partial charge in [0, 0.05) is 18.0 Å². The summed E-state index contributed by atoms with van der Waals surface area (Å²) in [6.45, 7) is 2.63. The molecule has 1 aliphatic heterocycles. The van der Waals surface area contributed by atoms with Gasteiger partial charge in [0.1, 0.15) is 0 Å². The SMILES string of the molecule is NNc1nc(NCc2ccc(Br)s2)nc(N2CCCC2)n1. The Morgan fingerprint density at radius 2 is 1.95 bits per heavy atom. The molecule has 1 aliphatic rings. The molecule has 0 unspecified atom stereocenters. The van der Waals surface area contributed by atoms with Crippen LogP contribution < -0.4 is 21.5 Å². The van der Waals surface area contributed by atoms with Crippen LogP contribution in [0.25, 0.3) is 0 Å². The zero-order valence-corrected chi connectivity index (χ0v) is 13.7. The van der Waals surface area contributed by atoms with E-state index in [1.165, 1.54) is 17.7 Å². The third kappa shape index (κ3) is 3.60. The van der Waals surface area contributed by atoms with Gasteiger partial charge in [-0.2, -0.15) is 15.0 Å². The average molecular weight is 370 g/mol. The fourth-order valence-corrected chi connectivity index (χ4v) is 3.60. The van der Waals surface area contributed by atoms with E-state index >= 15 is 0 Å². The minimum atomic E-state index is 0.377. The zero-order chi connectivity index (χ0) is 14.7. The normalized spacial score (nSPS) is 14.5. The maximum atomic E-state index is 5.44. The van der Waals surface area contributed by atoms with Crippen LogP contribution in [0.15, 0.2) is 15.9 Å². The van der Waals surface area contributed by atoms with Gasteiger partial charge in [-0.1, -0.05) is 0 Å². The predicted molar refractivity (Wildman–Crippen MR) is 88.4 cm³/mol. The van der Waals surface area contributed by atoms with Crippen LogP contribution in [0.4, 0.5) is 17.8 Å². The second kappa shape index (κ2) is 6.54. The van der Waals surface area contributed by atoms with Crippen molar-refractivity contribution in [3.63, 3.8) is 0 Å². The highest BCUT2D eigenvalue weighted by molar-refractivity contribution is 9.11. The number of hydrogen-bond acceptors (Lipinski definition) is 8. The number of thiophene rings is 1. The van der Waals surface area contributed by atoms with E-state index in [4.69, 9.17) is 5.84 Å². The van der Waals surface area contributed by atoms with Crippen LogP contribution in [-0.2, 0) is 6.54 Å². The van der Waals surface area contributed by atoms with Crippen LogP contribution >= 0.6 is 27.3 Å². The second-order valence-corrected chi connectivity index (χ2v) is 7.23. The predicted octanol–water partition coefficient (Wildman–Crippen LogP) is 2.19. The molecule has 112 valence electrons. The average Bonchev–Trinajstić information content (AvgIpc) is 3.16. The molecule has 0 radical (unpaired) electrons. The smallest absolute Gasteiger partial charge is 0.243 e. The first-order valence-electron chi connectivity index (χ1n) is 6.70. The third-order valence-corrected chi connectivity index (χ3v) is 4.81. The van der Waals surface area contributed by atoms with E-state index < -0.39 is 0 Å². The van der Waals surface area contributed by atoms with Gasteiger partial charge in [0.05, 0.1) is 10.3 Å². The van der Waals surface area contributed by atoms with E-state index in [0.29, 0.717) is 24.4 Å². The van der Waals surface area contributed by atoms with E-state index in [-0.39, 0.29) is 0 Å². The molecular formula is C12H16BrN7S. The highest BCUT2D eigenvalue weighted by Crippen LogP contribution is 2.23. The van der Waals surface area contributed by atoms with Crippen LogP contribution in [0.5, 0.6) is 0 Å². The summed E-state index contributed by atoms with van der Waals surface area (Å²) >= 11 is 5.13. The number of rotatable bonds is 5. The van der Waals surface area contributed by atoms with Crippen molar-refractivity contribution < 1.29 is 0 Å². The summed E-state index contributed by atoms with van der Waals surface area (Å²) in [5.41, 5.74) is 2.50. The molecular weight excluding hydrogens is 354 g/mol. The molecule has 0 saturated carbocycles. The monoisotopic (exact) mass is 369 g/mol. The number of hydrazine groups is 1.